The fraction of sp³-hybridized carbons (Fsp3) is 0.250. The highest BCUT2D eigenvalue weighted by atomic mass is 19.1. The largest absolute Gasteiger partial charge is 0.324 e. The number of aryl methyl sites for hydroxylation is 2. The van der Waals surface area contributed by atoms with E-state index >= 15 is 0 Å². The minimum atomic E-state index is -0.231. The van der Waals surface area contributed by atoms with Gasteiger partial charge in [-0.3, -0.25) is 0 Å². The van der Waals surface area contributed by atoms with Crippen molar-refractivity contribution in [2.45, 2.75) is 25.8 Å². The summed E-state index contributed by atoms with van der Waals surface area (Å²) in [6, 6.07) is 11.3. The summed E-state index contributed by atoms with van der Waals surface area (Å²) in [5.41, 5.74) is 8.20. The zero-order valence-corrected chi connectivity index (χ0v) is 10.9. The molecule has 19 heavy (non-hydrogen) atoms. The van der Waals surface area contributed by atoms with Gasteiger partial charge < -0.3 is 5.73 Å². The van der Waals surface area contributed by atoms with E-state index in [0.717, 1.165) is 5.56 Å². The van der Waals surface area contributed by atoms with Gasteiger partial charge in [0.25, 0.3) is 0 Å². The first-order valence-electron chi connectivity index (χ1n) is 6.33. The van der Waals surface area contributed by atoms with E-state index in [2.05, 4.69) is 0 Å². The highest BCUT2D eigenvalue weighted by Gasteiger charge is 2.09. The van der Waals surface area contributed by atoms with E-state index in [1.165, 1.54) is 12.1 Å². The van der Waals surface area contributed by atoms with Crippen LogP contribution in [0.3, 0.4) is 0 Å². The van der Waals surface area contributed by atoms with E-state index in [1.54, 1.807) is 31.2 Å². The Hall–Kier alpha value is -1.74. The van der Waals surface area contributed by atoms with E-state index in [4.69, 9.17) is 5.73 Å². The highest BCUT2D eigenvalue weighted by Crippen LogP contribution is 2.20. The molecule has 0 aliphatic heterocycles. The lowest BCUT2D eigenvalue weighted by Crippen LogP contribution is -2.12. The molecule has 0 radical (unpaired) electrons. The Morgan fingerprint density at radius 1 is 1.05 bits per heavy atom. The Bertz CT molecular complexity index is 566. The molecule has 0 spiro atoms. The standard InChI is InChI=1S/C16H17F2N/c1-11-10-13(6-8-14(11)17)16(19)9-7-12-4-2-3-5-15(12)18/h2-6,8,10,16H,7,9,19H2,1H3. The molecule has 0 bridgehead atoms. The van der Waals surface area contributed by atoms with Crippen molar-refractivity contribution in [2.75, 3.05) is 0 Å². The van der Waals surface area contributed by atoms with Gasteiger partial charge in [0, 0.05) is 6.04 Å². The van der Waals surface area contributed by atoms with Gasteiger partial charge in [0.1, 0.15) is 11.6 Å². The third kappa shape index (κ3) is 3.38. The van der Waals surface area contributed by atoms with Crippen LogP contribution in [-0.4, -0.2) is 0 Å². The number of halogens is 2. The Labute approximate surface area is 112 Å². The lowest BCUT2D eigenvalue weighted by atomic mass is 9.98. The molecule has 0 heterocycles. The van der Waals surface area contributed by atoms with Crippen molar-refractivity contribution in [1.82, 2.24) is 0 Å². The summed E-state index contributed by atoms with van der Waals surface area (Å²) in [4.78, 5) is 0. The zero-order chi connectivity index (χ0) is 13.8. The molecule has 0 aromatic heterocycles. The van der Waals surface area contributed by atoms with Crippen LogP contribution in [0, 0.1) is 18.6 Å². The third-order valence-corrected chi connectivity index (χ3v) is 3.29. The quantitative estimate of drug-likeness (QED) is 0.887. The first-order chi connectivity index (χ1) is 9.08. The maximum Gasteiger partial charge on any atom is 0.126 e. The van der Waals surface area contributed by atoms with Gasteiger partial charge in [-0.1, -0.05) is 30.3 Å². The third-order valence-electron chi connectivity index (χ3n) is 3.29. The summed E-state index contributed by atoms with van der Waals surface area (Å²) in [7, 11) is 0. The fourth-order valence-corrected chi connectivity index (χ4v) is 2.08. The molecule has 0 aliphatic carbocycles. The van der Waals surface area contributed by atoms with Crippen LogP contribution < -0.4 is 5.73 Å². The second-order valence-corrected chi connectivity index (χ2v) is 4.75. The van der Waals surface area contributed by atoms with Crippen LogP contribution in [0.5, 0.6) is 0 Å². The number of rotatable bonds is 4. The van der Waals surface area contributed by atoms with E-state index < -0.39 is 0 Å². The van der Waals surface area contributed by atoms with Crippen LogP contribution in [0.2, 0.25) is 0 Å². The first kappa shape index (κ1) is 13.7. The molecule has 2 aromatic rings. The maximum atomic E-state index is 13.5. The molecule has 1 unspecified atom stereocenters. The minimum Gasteiger partial charge on any atom is -0.324 e. The molecule has 1 nitrogen and oxygen atoms in total. The molecule has 100 valence electrons. The highest BCUT2D eigenvalue weighted by molar-refractivity contribution is 5.26. The molecule has 0 saturated heterocycles. The van der Waals surface area contributed by atoms with Crippen LogP contribution in [0.1, 0.15) is 29.2 Å². The molecule has 0 amide bonds. The maximum absolute atomic E-state index is 13.5. The smallest absolute Gasteiger partial charge is 0.126 e. The monoisotopic (exact) mass is 261 g/mol. The number of hydrogen-bond acceptors (Lipinski definition) is 1. The molecular formula is C16H17F2N. The molecule has 0 aliphatic rings. The van der Waals surface area contributed by atoms with Gasteiger partial charge in [0.05, 0.1) is 0 Å². The van der Waals surface area contributed by atoms with Crippen LogP contribution in [0.25, 0.3) is 0 Å². The molecular weight excluding hydrogens is 244 g/mol. The van der Waals surface area contributed by atoms with Gasteiger partial charge in [-0.2, -0.15) is 0 Å². The van der Waals surface area contributed by atoms with Crippen LogP contribution in [-0.2, 0) is 6.42 Å². The molecule has 2 aromatic carbocycles. The van der Waals surface area contributed by atoms with Gasteiger partial charge in [-0.25, -0.2) is 8.78 Å². The van der Waals surface area contributed by atoms with E-state index in [-0.39, 0.29) is 17.7 Å². The van der Waals surface area contributed by atoms with Crippen molar-refractivity contribution >= 4 is 0 Å². The van der Waals surface area contributed by atoms with Gasteiger partial charge in [-0.05, 0) is 48.6 Å². The van der Waals surface area contributed by atoms with Crippen molar-refractivity contribution in [3.8, 4) is 0 Å². The van der Waals surface area contributed by atoms with Crippen LogP contribution in [0.4, 0.5) is 8.78 Å². The SMILES string of the molecule is Cc1cc(C(N)CCc2ccccc2F)ccc1F. The van der Waals surface area contributed by atoms with Crippen molar-refractivity contribution in [3.63, 3.8) is 0 Å². The van der Waals surface area contributed by atoms with Crippen molar-refractivity contribution in [3.05, 3.63) is 70.8 Å². The summed E-state index contributed by atoms with van der Waals surface area (Å²) in [6.45, 7) is 1.71. The number of hydrogen-bond donors (Lipinski definition) is 1. The summed E-state index contributed by atoms with van der Waals surface area (Å²) < 4.78 is 26.6. The van der Waals surface area contributed by atoms with Crippen LogP contribution in [0.15, 0.2) is 42.5 Å². The number of benzene rings is 2. The lowest BCUT2D eigenvalue weighted by molar-refractivity contribution is 0.584. The Balaban J connectivity index is 2.03. The predicted molar refractivity (Wildman–Crippen MR) is 72.8 cm³/mol. The molecule has 3 heteroatoms. The van der Waals surface area contributed by atoms with Crippen molar-refractivity contribution in [1.29, 1.82) is 0 Å². The topological polar surface area (TPSA) is 26.0 Å². The average molecular weight is 261 g/mol. The Kier molecular flexibility index (Phi) is 4.27. The fourth-order valence-electron chi connectivity index (χ4n) is 2.08. The second kappa shape index (κ2) is 5.93. The second-order valence-electron chi connectivity index (χ2n) is 4.75. The summed E-state index contributed by atoms with van der Waals surface area (Å²) in [6.07, 6.45) is 1.20. The summed E-state index contributed by atoms with van der Waals surface area (Å²) in [5.74, 6) is -0.435. The normalized spacial score (nSPS) is 12.4. The van der Waals surface area contributed by atoms with Gasteiger partial charge in [0.15, 0.2) is 0 Å². The van der Waals surface area contributed by atoms with E-state index in [0.29, 0.717) is 24.0 Å². The average Bonchev–Trinajstić information content (AvgIpc) is 2.40. The Morgan fingerprint density at radius 2 is 1.79 bits per heavy atom. The van der Waals surface area contributed by atoms with Crippen molar-refractivity contribution < 1.29 is 8.78 Å². The van der Waals surface area contributed by atoms with E-state index in [9.17, 15) is 8.78 Å². The van der Waals surface area contributed by atoms with Gasteiger partial charge >= 0.3 is 0 Å². The van der Waals surface area contributed by atoms with Crippen LogP contribution >= 0.6 is 0 Å². The summed E-state index contributed by atoms with van der Waals surface area (Å²) in [5, 5.41) is 0. The molecule has 2 rings (SSSR count). The lowest BCUT2D eigenvalue weighted by Gasteiger charge is -2.13. The zero-order valence-electron chi connectivity index (χ0n) is 10.9. The van der Waals surface area contributed by atoms with Gasteiger partial charge in [0.2, 0.25) is 0 Å². The molecule has 2 N–H and O–H groups in total. The Morgan fingerprint density at radius 3 is 2.47 bits per heavy atom. The molecule has 1 atom stereocenters. The number of nitrogens with two attached hydrogens (primary N) is 1. The predicted octanol–water partition coefficient (Wildman–Crippen LogP) is 3.91. The molecule has 0 fully saturated rings. The molecule has 0 saturated carbocycles. The van der Waals surface area contributed by atoms with Gasteiger partial charge in [-0.15, -0.1) is 0 Å². The minimum absolute atomic E-state index is 0.204. The first-order valence-corrected chi connectivity index (χ1v) is 6.33. The van der Waals surface area contributed by atoms with Crippen molar-refractivity contribution in [2.24, 2.45) is 5.73 Å². The van der Waals surface area contributed by atoms with E-state index in [1.807, 2.05) is 6.07 Å². The summed E-state index contributed by atoms with van der Waals surface area (Å²) >= 11 is 0.